The van der Waals surface area contributed by atoms with Crippen molar-refractivity contribution in [1.29, 1.82) is 5.26 Å². The molecule has 0 aliphatic heterocycles. The van der Waals surface area contributed by atoms with Gasteiger partial charge in [-0.05, 0) is 35.9 Å². The summed E-state index contributed by atoms with van der Waals surface area (Å²) in [4.78, 5) is 7.60. The number of nitrogens with one attached hydrogen (secondary N) is 1. The van der Waals surface area contributed by atoms with Crippen molar-refractivity contribution < 1.29 is 4.74 Å². The zero-order valence-corrected chi connectivity index (χ0v) is 12.3. The lowest BCUT2D eigenvalue weighted by atomic mass is 10.1. The molecule has 4 nitrogen and oxygen atoms in total. The summed E-state index contributed by atoms with van der Waals surface area (Å²) < 4.78 is 5.33. The summed E-state index contributed by atoms with van der Waals surface area (Å²) in [6.07, 6.45) is 6.94. The molecule has 2 aromatic carbocycles. The highest BCUT2D eigenvalue weighted by Gasteiger charge is 2.07. The lowest BCUT2D eigenvalue weighted by Gasteiger charge is -2.02. The number of nitriles is 1. The number of imidazole rings is 1. The van der Waals surface area contributed by atoms with Gasteiger partial charge >= 0.3 is 0 Å². The maximum Gasteiger partial charge on any atom is 0.149 e. The Kier molecular flexibility index (Phi) is 4.09. The number of ether oxygens (including phenoxy) is 1. The SMILES string of the molecule is C#CCOc1ccc(C=C(C#N)c2nc3ccccc3[nH]2)cc1. The third-order valence-corrected chi connectivity index (χ3v) is 3.28. The summed E-state index contributed by atoms with van der Waals surface area (Å²) in [5.41, 5.74) is 3.09. The monoisotopic (exact) mass is 299 g/mol. The first-order chi connectivity index (χ1) is 11.3. The van der Waals surface area contributed by atoms with Gasteiger partial charge in [0.05, 0.1) is 16.6 Å². The van der Waals surface area contributed by atoms with Crippen molar-refractivity contribution in [2.45, 2.75) is 0 Å². The van der Waals surface area contributed by atoms with Gasteiger partial charge < -0.3 is 9.72 Å². The van der Waals surface area contributed by atoms with Crippen LogP contribution >= 0.6 is 0 Å². The average Bonchev–Trinajstić information content (AvgIpc) is 3.02. The topological polar surface area (TPSA) is 61.7 Å². The van der Waals surface area contributed by atoms with Crippen LogP contribution in [0.3, 0.4) is 0 Å². The van der Waals surface area contributed by atoms with Crippen LogP contribution in [0.1, 0.15) is 11.4 Å². The van der Waals surface area contributed by atoms with Crippen LogP contribution in [0.4, 0.5) is 0 Å². The molecule has 0 atom stereocenters. The van der Waals surface area contributed by atoms with Gasteiger partial charge in [-0.3, -0.25) is 0 Å². The first-order valence-electron chi connectivity index (χ1n) is 7.03. The molecule has 0 radical (unpaired) electrons. The van der Waals surface area contributed by atoms with Gasteiger partial charge in [0.2, 0.25) is 0 Å². The Morgan fingerprint density at radius 2 is 2.00 bits per heavy atom. The van der Waals surface area contributed by atoms with E-state index in [1.165, 1.54) is 0 Å². The number of fused-ring (bicyclic) bond motifs is 1. The Balaban J connectivity index is 1.89. The van der Waals surface area contributed by atoms with Crippen molar-refractivity contribution in [3.8, 4) is 24.2 Å². The molecule has 0 aliphatic rings. The fraction of sp³-hybridized carbons (Fsp3) is 0.0526. The van der Waals surface area contributed by atoms with Crippen LogP contribution in [0, 0.1) is 23.7 Å². The Morgan fingerprint density at radius 3 is 2.70 bits per heavy atom. The van der Waals surface area contributed by atoms with Crippen LogP contribution in [0.5, 0.6) is 5.75 Å². The molecular weight excluding hydrogens is 286 g/mol. The molecule has 4 heteroatoms. The second-order valence-corrected chi connectivity index (χ2v) is 4.83. The van der Waals surface area contributed by atoms with E-state index < -0.39 is 0 Å². The van der Waals surface area contributed by atoms with Crippen molar-refractivity contribution in [3.63, 3.8) is 0 Å². The van der Waals surface area contributed by atoms with E-state index in [9.17, 15) is 5.26 Å². The highest BCUT2D eigenvalue weighted by atomic mass is 16.5. The first-order valence-corrected chi connectivity index (χ1v) is 7.03. The normalized spacial score (nSPS) is 11.0. The average molecular weight is 299 g/mol. The number of benzene rings is 2. The number of hydrogen-bond acceptors (Lipinski definition) is 3. The minimum Gasteiger partial charge on any atom is -0.481 e. The zero-order chi connectivity index (χ0) is 16.1. The van der Waals surface area contributed by atoms with E-state index in [1.807, 2.05) is 48.5 Å². The van der Waals surface area contributed by atoms with Gasteiger partial charge in [0.15, 0.2) is 0 Å². The Bertz CT molecular complexity index is 904. The molecule has 0 amide bonds. The molecule has 1 aromatic heterocycles. The summed E-state index contributed by atoms with van der Waals surface area (Å²) >= 11 is 0. The van der Waals surface area contributed by atoms with E-state index in [0.29, 0.717) is 17.1 Å². The van der Waals surface area contributed by atoms with Gasteiger partial charge in [-0.25, -0.2) is 4.98 Å². The van der Waals surface area contributed by atoms with E-state index >= 15 is 0 Å². The van der Waals surface area contributed by atoms with Crippen molar-refractivity contribution in [3.05, 3.63) is 59.9 Å². The van der Waals surface area contributed by atoms with Gasteiger partial charge in [0.25, 0.3) is 0 Å². The minimum absolute atomic E-state index is 0.234. The summed E-state index contributed by atoms with van der Waals surface area (Å²) in [6, 6.07) is 17.2. The first kappa shape index (κ1) is 14.4. The molecule has 3 aromatic rings. The standard InChI is InChI=1S/C19H13N3O/c1-2-11-23-16-9-7-14(8-10-16)12-15(13-20)19-21-17-5-3-4-6-18(17)22-19/h1,3-10,12H,11H2,(H,21,22). The third-order valence-electron chi connectivity index (χ3n) is 3.28. The molecule has 0 fully saturated rings. The summed E-state index contributed by atoms with van der Waals surface area (Å²) in [5, 5.41) is 9.41. The molecule has 0 aliphatic carbocycles. The highest BCUT2D eigenvalue weighted by molar-refractivity contribution is 5.90. The van der Waals surface area contributed by atoms with Gasteiger partial charge in [0, 0.05) is 0 Å². The van der Waals surface area contributed by atoms with Gasteiger partial charge in [0.1, 0.15) is 24.3 Å². The van der Waals surface area contributed by atoms with Gasteiger partial charge in [-0.15, -0.1) is 6.42 Å². The number of hydrogen-bond donors (Lipinski definition) is 1. The quantitative estimate of drug-likeness (QED) is 0.591. The number of terminal acetylenes is 1. The minimum atomic E-state index is 0.234. The number of nitrogens with zero attached hydrogens (tertiary/aromatic N) is 2. The maximum absolute atomic E-state index is 9.41. The van der Waals surface area contributed by atoms with Crippen molar-refractivity contribution in [1.82, 2.24) is 9.97 Å². The van der Waals surface area contributed by atoms with E-state index in [2.05, 4.69) is 22.0 Å². The number of para-hydroxylation sites is 2. The van der Waals surface area contributed by atoms with Crippen LogP contribution in [-0.2, 0) is 0 Å². The van der Waals surface area contributed by atoms with E-state index in [-0.39, 0.29) is 6.61 Å². The highest BCUT2D eigenvalue weighted by Crippen LogP contribution is 2.20. The molecule has 0 spiro atoms. The molecule has 23 heavy (non-hydrogen) atoms. The second-order valence-electron chi connectivity index (χ2n) is 4.83. The van der Waals surface area contributed by atoms with E-state index in [0.717, 1.165) is 16.6 Å². The second kappa shape index (κ2) is 6.51. The number of rotatable bonds is 4. The number of aromatic amines is 1. The lowest BCUT2D eigenvalue weighted by molar-refractivity contribution is 0.370. The molecule has 110 valence electrons. The van der Waals surface area contributed by atoms with Crippen LogP contribution in [0.2, 0.25) is 0 Å². The van der Waals surface area contributed by atoms with E-state index in [1.54, 1.807) is 6.08 Å². The summed E-state index contributed by atoms with van der Waals surface area (Å²) in [5.74, 6) is 3.67. The molecule has 0 saturated heterocycles. The molecule has 1 heterocycles. The zero-order valence-electron chi connectivity index (χ0n) is 12.3. The van der Waals surface area contributed by atoms with Crippen LogP contribution in [0.15, 0.2) is 48.5 Å². The Morgan fingerprint density at radius 1 is 1.22 bits per heavy atom. The van der Waals surface area contributed by atoms with Crippen molar-refractivity contribution in [2.75, 3.05) is 6.61 Å². The maximum atomic E-state index is 9.41. The van der Waals surface area contributed by atoms with Crippen molar-refractivity contribution >= 4 is 22.7 Å². The lowest BCUT2D eigenvalue weighted by Crippen LogP contribution is -1.92. The molecule has 0 unspecified atom stereocenters. The third kappa shape index (κ3) is 3.23. The van der Waals surface area contributed by atoms with E-state index in [4.69, 9.17) is 11.2 Å². The molecular formula is C19H13N3O. The van der Waals surface area contributed by atoms with Crippen molar-refractivity contribution in [2.24, 2.45) is 0 Å². The van der Waals surface area contributed by atoms with Crippen LogP contribution in [0.25, 0.3) is 22.7 Å². The fourth-order valence-electron chi connectivity index (χ4n) is 2.19. The largest absolute Gasteiger partial charge is 0.481 e. The predicted octanol–water partition coefficient (Wildman–Crippen LogP) is 3.64. The number of allylic oxidation sites excluding steroid dienone is 1. The molecule has 1 N–H and O–H groups in total. The van der Waals surface area contributed by atoms with Crippen LogP contribution in [-0.4, -0.2) is 16.6 Å². The van der Waals surface area contributed by atoms with Gasteiger partial charge in [-0.2, -0.15) is 5.26 Å². The molecule has 3 rings (SSSR count). The predicted molar refractivity (Wildman–Crippen MR) is 90.3 cm³/mol. The Labute approximate surface area is 134 Å². The van der Waals surface area contributed by atoms with Gasteiger partial charge in [-0.1, -0.05) is 30.2 Å². The summed E-state index contributed by atoms with van der Waals surface area (Å²) in [7, 11) is 0. The fourth-order valence-corrected chi connectivity index (χ4v) is 2.19. The number of aromatic nitrogens is 2. The number of H-pyrrole nitrogens is 1. The van der Waals surface area contributed by atoms with Crippen LogP contribution < -0.4 is 4.74 Å². The molecule has 0 bridgehead atoms. The summed E-state index contributed by atoms with van der Waals surface area (Å²) in [6.45, 7) is 0.234. The Hall–Kier alpha value is -3.50. The smallest absolute Gasteiger partial charge is 0.149 e. The molecule has 0 saturated carbocycles.